The van der Waals surface area contributed by atoms with Gasteiger partial charge in [0.15, 0.2) is 5.11 Å². The Kier molecular flexibility index (Phi) is 5.52. The minimum absolute atomic E-state index is 0.396. The normalized spacial score (nSPS) is 17.6. The Morgan fingerprint density at radius 1 is 1.46 bits per heavy atom. The lowest BCUT2D eigenvalue weighted by Crippen LogP contribution is -2.38. The van der Waals surface area contributed by atoms with E-state index in [-0.39, 0.29) is 0 Å². The van der Waals surface area contributed by atoms with Gasteiger partial charge in [0, 0.05) is 18.7 Å². The van der Waals surface area contributed by atoms with Crippen LogP contribution in [0.4, 0.5) is 11.8 Å². The molecule has 1 aliphatic rings. The van der Waals surface area contributed by atoms with E-state index in [2.05, 4.69) is 32.4 Å². The van der Waals surface area contributed by atoms with E-state index in [1.165, 1.54) is 6.42 Å². The number of hydrogen-bond acceptors (Lipinski definition) is 5. The fourth-order valence-electron chi connectivity index (χ4n) is 2.77. The van der Waals surface area contributed by atoms with Crippen LogP contribution in [0, 0.1) is 0 Å². The molecule has 0 bridgehead atoms. The van der Waals surface area contributed by atoms with Crippen LogP contribution in [0.2, 0.25) is 5.15 Å². The minimum atomic E-state index is 0.396. The number of rotatable bonds is 4. The second kappa shape index (κ2) is 7.81. The summed E-state index contributed by atoms with van der Waals surface area (Å²) in [4.78, 5) is 11.0. The Bertz CT molecular complexity index is 694. The van der Waals surface area contributed by atoms with E-state index in [1.54, 1.807) is 12.3 Å². The van der Waals surface area contributed by atoms with Gasteiger partial charge in [0.25, 0.3) is 0 Å². The fraction of sp³-hybridized carbons (Fsp3) is 0.438. The van der Waals surface area contributed by atoms with Crippen molar-refractivity contribution >= 4 is 40.7 Å². The lowest BCUT2D eigenvalue weighted by molar-refractivity contribution is 0.481. The van der Waals surface area contributed by atoms with Crippen LogP contribution in [-0.4, -0.2) is 27.7 Å². The molecule has 0 saturated carbocycles. The van der Waals surface area contributed by atoms with Crippen molar-refractivity contribution in [2.24, 2.45) is 0 Å². The molecule has 0 amide bonds. The van der Waals surface area contributed by atoms with E-state index in [9.17, 15) is 0 Å². The van der Waals surface area contributed by atoms with Gasteiger partial charge in [-0.1, -0.05) is 11.6 Å². The summed E-state index contributed by atoms with van der Waals surface area (Å²) in [6.07, 6.45) is 5.20. The predicted molar refractivity (Wildman–Crippen MR) is 99.5 cm³/mol. The summed E-state index contributed by atoms with van der Waals surface area (Å²) >= 11 is 11.4. The number of furan rings is 1. The standard InChI is InChI=1S/C16H20ClN5OS/c1-11-5-2-3-7-22(11)14-9-13(17)19-15(20-14)21-16(24)18-10-12-6-4-8-23-12/h4,6,8-9,11H,2-3,5,7,10H2,1H3,(H2,18,19,20,21,24)/t11-/m0/s1. The summed E-state index contributed by atoms with van der Waals surface area (Å²) in [7, 11) is 0. The minimum Gasteiger partial charge on any atom is -0.467 e. The number of halogens is 1. The zero-order valence-electron chi connectivity index (χ0n) is 13.5. The summed E-state index contributed by atoms with van der Waals surface area (Å²) in [6, 6.07) is 5.95. The van der Waals surface area contributed by atoms with Crippen molar-refractivity contribution < 1.29 is 4.42 Å². The van der Waals surface area contributed by atoms with Crippen molar-refractivity contribution in [3.8, 4) is 0 Å². The molecule has 1 aliphatic heterocycles. The van der Waals surface area contributed by atoms with Gasteiger partial charge in [0.1, 0.15) is 16.7 Å². The number of hydrogen-bond donors (Lipinski definition) is 2. The number of nitrogens with zero attached hydrogens (tertiary/aromatic N) is 3. The van der Waals surface area contributed by atoms with Crippen LogP contribution in [-0.2, 0) is 6.54 Å². The predicted octanol–water partition coefficient (Wildman–Crippen LogP) is 3.59. The second-order valence-corrected chi connectivity index (χ2v) is 6.59. The van der Waals surface area contributed by atoms with E-state index in [1.807, 2.05) is 12.1 Å². The van der Waals surface area contributed by atoms with Crippen LogP contribution in [0.25, 0.3) is 0 Å². The van der Waals surface area contributed by atoms with Gasteiger partial charge in [0.05, 0.1) is 12.8 Å². The van der Waals surface area contributed by atoms with E-state index >= 15 is 0 Å². The average molecular weight is 366 g/mol. The molecule has 1 fully saturated rings. The first-order chi connectivity index (χ1) is 11.6. The number of aromatic nitrogens is 2. The zero-order valence-corrected chi connectivity index (χ0v) is 15.0. The van der Waals surface area contributed by atoms with Gasteiger partial charge in [-0.2, -0.15) is 4.98 Å². The zero-order chi connectivity index (χ0) is 16.9. The third-order valence-electron chi connectivity index (χ3n) is 4.01. The molecule has 128 valence electrons. The Hall–Kier alpha value is -1.86. The number of anilines is 2. The molecule has 3 heterocycles. The first kappa shape index (κ1) is 17.0. The third-order valence-corrected chi connectivity index (χ3v) is 4.45. The molecule has 2 N–H and O–H groups in total. The van der Waals surface area contributed by atoms with Crippen molar-refractivity contribution in [1.82, 2.24) is 15.3 Å². The van der Waals surface area contributed by atoms with E-state index < -0.39 is 0 Å². The van der Waals surface area contributed by atoms with Gasteiger partial charge < -0.3 is 20.0 Å². The smallest absolute Gasteiger partial charge is 0.232 e. The average Bonchev–Trinajstić information content (AvgIpc) is 3.06. The Labute approximate surface area is 151 Å². The summed E-state index contributed by atoms with van der Waals surface area (Å²) in [6.45, 7) is 3.68. The van der Waals surface area contributed by atoms with E-state index in [0.717, 1.165) is 31.0 Å². The van der Waals surface area contributed by atoms with Crippen LogP contribution in [0.3, 0.4) is 0 Å². The summed E-state index contributed by atoms with van der Waals surface area (Å²) < 4.78 is 5.25. The molecule has 1 atom stereocenters. The van der Waals surface area contributed by atoms with Gasteiger partial charge in [-0.3, -0.25) is 0 Å². The Morgan fingerprint density at radius 2 is 2.33 bits per heavy atom. The maximum Gasteiger partial charge on any atom is 0.232 e. The maximum atomic E-state index is 6.16. The molecule has 2 aromatic heterocycles. The summed E-state index contributed by atoms with van der Waals surface area (Å²) in [5.74, 6) is 2.03. The summed E-state index contributed by atoms with van der Waals surface area (Å²) in [5.41, 5.74) is 0. The van der Waals surface area contributed by atoms with Crippen molar-refractivity contribution in [2.75, 3.05) is 16.8 Å². The molecule has 0 aromatic carbocycles. The SMILES string of the molecule is C[C@H]1CCCCN1c1cc(Cl)nc(NC(=S)NCc2ccco2)n1. The van der Waals surface area contributed by atoms with Gasteiger partial charge in [-0.15, -0.1) is 0 Å². The number of piperidine rings is 1. The third kappa shape index (κ3) is 4.36. The molecular weight excluding hydrogens is 346 g/mol. The molecule has 0 unspecified atom stereocenters. The Morgan fingerprint density at radius 3 is 3.08 bits per heavy atom. The highest BCUT2D eigenvalue weighted by molar-refractivity contribution is 7.80. The highest BCUT2D eigenvalue weighted by Crippen LogP contribution is 2.25. The van der Waals surface area contributed by atoms with Gasteiger partial charge in [0.2, 0.25) is 5.95 Å². The fourth-order valence-corrected chi connectivity index (χ4v) is 3.11. The van der Waals surface area contributed by atoms with Crippen molar-refractivity contribution in [3.63, 3.8) is 0 Å². The quantitative estimate of drug-likeness (QED) is 0.634. The van der Waals surface area contributed by atoms with Crippen molar-refractivity contribution in [3.05, 3.63) is 35.4 Å². The van der Waals surface area contributed by atoms with E-state index in [0.29, 0.717) is 28.8 Å². The highest BCUT2D eigenvalue weighted by Gasteiger charge is 2.21. The highest BCUT2D eigenvalue weighted by atomic mass is 35.5. The van der Waals surface area contributed by atoms with Crippen LogP contribution in [0.1, 0.15) is 31.9 Å². The number of nitrogens with one attached hydrogen (secondary N) is 2. The molecular formula is C16H20ClN5OS. The van der Waals surface area contributed by atoms with Gasteiger partial charge in [-0.05, 0) is 50.5 Å². The Balaban J connectivity index is 1.65. The molecule has 24 heavy (non-hydrogen) atoms. The van der Waals surface area contributed by atoms with E-state index in [4.69, 9.17) is 28.2 Å². The molecule has 6 nitrogen and oxygen atoms in total. The van der Waals surface area contributed by atoms with Crippen LogP contribution in [0.15, 0.2) is 28.9 Å². The van der Waals surface area contributed by atoms with Gasteiger partial charge in [-0.25, -0.2) is 4.98 Å². The van der Waals surface area contributed by atoms with Crippen LogP contribution in [0.5, 0.6) is 0 Å². The second-order valence-electron chi connectivity index (χ2n) is 5.80. The van der Waals surface area contributed by atoms with Crippen LogP contribution >= 0.6 is 23.8 Å². The maximum absolute atomic E-state index is 6.16. The topological polar surface area (TPSA) is 66.2 Å². The monoisotopic (exact) mass is 365 g/mol. The lowest BCUT2D eigenvalue weighted by Gasteiger charge is -2.34. The molecule has 0 aliphatic carbocycles. The molecule has 0 spiro atoms. The number of thiocarbonyl (C=S) groups is 1. The van der Waals surface area contributed by atoms with Crippen molar-refractivity contribution in [2.45, 2.75) is 38.8 Å². The largest absolute Gasteiger partial charge is 0.467 e. The molecule has 2 aromatic rings. The first-order valence-electron chi connectivity index (χ1n) is 8.00. The van der Waals surface area contributed by atoms with Crippen LogP contribution < -0.4 is 15.5 Å². The molecule has 3 rings (SSSR count). The molecule has 8 heteroatoms. The lowest BCUT2D eigenvalue weighted by atomic mass is 10.0. The molecule has 1 saturated heterocycles. The first-order valence-corrected chi connectivity index (χ1v) is 8.79. The molecule has 0 radical (unpaired) electrons. The van der Waals surface area contributed by atoms with Gasteiger partial charge >= 0.3 is 0 Å². The summed E-state index contributed by atoms with van der Waals surface area (Å²) in [5, 5.41) is 6.86. The van der Waals surface area contributed by atoms with Crippen molar-refractivity contribution in [1.29, 1.82) is 0 Å².